The van der Waals surface area contributed by atoms with Crippen LogP contribution in [0.4, 0.5) is 0 Å². The number of hydrogen-bond acceptors (Lipinski definition) is 5. The number of aromatic nitrogens is 4. The first-order chi connectivity index (χ1) is 10.2. The molecule has 0 fully saturated rings. The molecule has 0 aliphatic carbocycles. The number of nitrogens with zero attached hydrogens (tertiary/aromatic N) is 4. The molecular formula is C15H23N5OS. The van der Waals surface area contributed by atoms with Crippen LogP contribution in [0, 0.1) is 13.8 Å². The number of carbonyl (C=O) groups is 1. The van der Waals surface area contributed by atoms with Crippen LogP contribution in [0.25, 0.3) is 5.78 Å². The number of hydrogen-bond donors (Lipinski definition) is 1. The van der Waals surface area contributed by atoms with Crippen LogP contribution >= 0.6 is 11.8 Å². The van der Waals surface area contributed by atoms with Crippen molar-refractivity contribution in [1.82, 2.24) is 24.9 Å². The molecule has 0 saturated heterocycles. The van der Waals surface area contributed by atoms with Crippen LogP contribution in [0.1, 0.15) is 45.5 Å². The molecule has 1 atom stereocenters. The summed E-state index contributed by atoms with van der Waals surface area (Å²) in [5.74, 6) is 0.568. The summed E-state index contributed by atoms with van der Waals surface area (Å²) in [7, 11) is 0. The normalized spacial score (nSPS) is 13.4. The second-order valence-corrected chi connectivity index (χ2v) is 7.44. The summed E-state index contributed by atoms with van der Waals surface area (Å²) in [4.78, 5) is 21.0. The van der Waals surface area contributed by atoms with E-state index < -0.39 is 0 Å². The Bertz CT molecular complexity index is 695. The smallest absolute Gasteiger partial charge is 0.253 e. The van der Waals surface area contributed by atoms with Gasteiger partial charge >= 0.3 is 0 Å². The number of carbonyl (C=O) groups excluding carboxylic acids is 1. The second-order valence-electron chi connectivity index (χ2n) is 6.13. The Morgan fingerprint density at radius 3 is 2.73 bits per heavy atom. The van der Waals surface area contributed by atoms with Crippen molar-refractivity contribution in [2.24, 2.45) is 0 Å². The van der Waals surface area contributed by atoms with Gasteiger partial charge in [0.1, 0.15) is 0 Å². The van der Waals surface area contributed by atoms with E-state index in [0.717, 1.165) is 17.8 Å². The highest BCUT2D eigenvalue weighted by molar-refractivity contribution is 8.00. The Balaban J connectivity index is 2.13. The van der Waals surface area contributed by atoms with E-state index in [1.54, 1.807) is 4.52 Å². The third-order valence-corrected chi connectivity index (χ3v) is 4.55. The molecular weight excluding hydrogens is 298 g/mol. The van der Waals surface area contributed by atoms with Crippen LogP contribution in [0.5, 0.6) is 0 Å². The lowest BCUT2D eigenvalue weighted by atomic mass is 10.0. The Hall–Kier alpha value is -1.63. The van der Waals surface area contributed by atoms with Gasteiger partial charge in [-0.05, 0) is 47.1 Å². The lowest BCUT2D eigenvalue weighted by Crippen LogP contribution is -2.46. The van der Waals surface area contributed by atoms with Gasteiger partial charge in [-0.3, -0.25) is 4.79 Å². The average molecular weight is 321 g/mol. The predicted molar refractivity (Wildman–Crippen MR) is 88.1 cm³/mol. The number of rotatable bonds is 5. The van der Waals surface area contributed by atoms with E-state index >= 15 is 0 Å². The van der Waals surface area contributed by atoms with Crippen molar-refractivity contribution in [3.05, 3.63) is 17.5 Å². The number of thioether (sulfide) groups is 1. The Morgan fingerprint density at radius 2 is 2.09 bits per heavy atom. The highest BCUT2D eigenvalue weighted by Gasteiger charge is 2.23. The second kappa shape index (κ2) is 6.24. The molecule has 0 aliphatic heterocycles. The topological polar surface area (TPSA) is 72.2 Å². The fraction of sp³-hybridized carbons (Fsp3) is 0.600. The first kappa shape index (κ1) is 16.7. The maximum Gasteiger partial charge on any atom is 0.253 e. The number of amides is 1. The fourth-order valence-electron chi connectivity index (χ4n) is 1.93. The van der Waals surface area contributed by atoms with Gasteiger partial charge in [0.2, 0.25) is 11.1 Å². The van der Waals surface area contributed by atoms with Gasteiger partial charge in [-0.15, -0.1) is 5.10 Å². The SMILES string of the molecule is CCC(C)(C)NC(=O)C(C)Sc1nc2nc(C)cc(C)n2n1. The van der Waals surface area contributed by atoms with E-state index in [1.807, 2.05) is 40.7 Å². The molecule has 7 heteroatoms. The summed E-state index contributed by atoms with van der Waals surface area (Å²) in [5, 5.41) is 7.77. The van der Waals surface area contributed by atoms with E-state index in [9.17, 15) is 4.79 Å². The molecule has 2 heterocycles. The molecule has 0 bridgehead atoms. The molecule has 2 aromatic rings. The molecule has 22 heavy (non-hydrogen) atoms. The molecule has 0 spiro atoms. The zero-order valence-corrected chi connectivity index (χ0v) is 14.8. The van der Waals surface area contributed by atoms with Crippen molar-refractivity contribution in [3.63, 3.8) is 0 Å². The van der Waals surface area contributed by atoms with Gasteiger partial charge in [0.25, 0.3) is 5.78 Å². The largest absolute Gasteiger partial charge is 0.350 e. The van der Waals surface area contributed by atoms with Gasteiger partial charge in [0.05, 0.1) is 5.25 Å². The van der Waals surface area contributed by atoms with Crippen molar-refractivity contribution in [3.8, 4) is 0 Å². The lowest BCUT2D eigenvalue weighted by molar-refractivity contribution is -0.121. The van der Waals surface area contributed by atoms with Gasteiger partial charge in [0.15, 0.2) is 0 Å². The predicted octanol–water partition coefficient (Wildman–Crippen LogP) is 2.53. The third kappa shape index (κ3) is 3.76. The molecule has 120 valence electrons. The van der Waals surface area contributed by atoms with Crippen molar-refractivity contribution in [1.29, 1.82) is 0 Å². The number of aryl methyl sites for hydroxylation is 2. The molecule has 2 rings (SSSR count). The van der Waals surface area contributed by atoms with Crippen LogP contribution in [-0.2, 0) is 4.79 Å². The van der Waals surface area contributed by atoms with Crippen LogP contribution < -0.4 is 5.32 Å². The van der Waals surface area contributed by atoms with Gasteiger partial charge < -0.3 is 5.32 Å². The van der Waals surface area contributed by atoms with E-state index in [1.165, 1.54) is 11.8 Å². The maximum atomic E-state index is 12.2. The molecule has 1 amide bonds. The summed E-state index contributed by atoms with van der Waals surface area (Å²) < 4.78 is 1.70. The highest BCUT2D eigenvalue weighted by atomic mass is 32.2. The van der Waals surface area contributed by atoms with Gasteiger partial charge in [-0.1, -0.05) is 18.7 Å². The molecule has 6 nitrogen and oxygen atoms in total. The first-order valence-corrected chi connectivity index (χ1v) is 8.29. The highest BCUT2D eigenvalue weighted by Crippen LogP contribution is 2.21. The van der Waals surface area contributed by atoms with Crippen LogP contribution in [-0.4, -0.2) is 36.3 Å². The Morgan fingerprint density at radius 1 is 1.41 bits per heavy atom. The lowest BCUT2D eigenvalue weighted by Gasteiger charge is -2.26. The monoisotopic (exact) mass is 321 g/mol. The molecule has 1 N–H and O–H groups in total. The van der Waals surface area contributed by atoms with Gasteiger partial charge in [0, 0.05) is 16.9 Å². The van der Waals surface area contributed by atoms with E-state index in [0.29, 0.717) is 10.9 Å². The van der Waals surface area contributed by atoms with Crippen molar-refractivity contribution in [2.75, 3.05) is 0 Å². The van der Waals surface area contributed by atoms with Crippen LogP contribution in [0.15, 0.2) is 11.2 Å². The minimum absolute atomic E-state index is 0.00318. The zero-order chi connectivity index (χ0) is 16.5. The van der Waals surface area contributed by atoms with E-state index in [4.69, 9.17) is 0 Å². The third-order valence-electron chi connectivity index (χ3n) is 3.60. The standard InChI is InChI=1S/C15H23N5OS/c1-7-15(5,6)18-12(21)11(4)22-14-17-13-16-9(2)8-10(3)20(13)19-14/h8,11H,7H2,1-6H3,(H,18,21). The zero-order valence-electron chi connectivity index (χ0n) is 14.0. The molecule has 0 aromatic carbocycles. The van der Waals surface area contributed by atoms with Gasteiger partial charge in [-0.25, -0.2) is 9.50 Å². The average Bonchev–Trinajstić information content (AvgIpc) is 2.80. The summed E-state index contributed by atoms with van der Waals surface area (Å²) in [6, 6.07) is 1.95. The molecule has 1 unspecified atom stereocenters. The first-order valence-electron chi connectivity index (χ1n) is 7.41. The van der Waals surface area contributed by atoms with E-state index in [-0.39, 0.29) is 16.7 Å². The Labute approximate surface area is 135 Å². The van der Waals surface area contributed by atoms with Crippen molar-refractivity contribution in [2.45, 2.75) is 63.9 Å². The summed E-state index contributed by atoms with van der Waals surface area (Å²) in [6.07, 6.45) is 0.880. The minimum atomic E-state index is -0.260. The molecule has 0 radical (unpaired) electrons. The number of nitrogens with one attached hydrogen (secondary N) is 1. The van der Waals surface area contributed by atoms with E-state index in [2.05, 4.69) is 27.3 Å². The summed E-state index contributed by atoms with van der Waals surface area (Å²) in [5.41, 5.74) is 1.68. The summed E-state index contributed by atoms with van der Waals surface area (Å²) >= 11 is 1.35. The molecule has 0 saturated carbocycles. The van der Waals surface area contributed by atoms with Crippen molar-refractivity contribution < 1.29 is 4.79 Å². The molecule has 0 aliphatic rings. The number of fused-ring (bicyclic) bond motifs is 1. The minimum Gasteiger partial charge on any atom is -0.350 e. The molecule has 2 aromatic heterocycles. The fourth-order valence-corrected chi connectivity index (χ4v) is 2.68. The van der Waals surface area contributed by atoms with Crippen LogP contribution in [0.2, 0.25) is 0 Å². The van der Waals surface area contributed by atoms with Crippen molar-refractivity contribution >= 4 is 23.4 Å². The van der Waals surface area contributed by atoms with Gasteiger partial charge in [-0.2, -0.15) is 4.98 Å². The quantitative estimate of drug-likeness (QED) is 0.857. The summed E-state index contributed by atoms with van der Waals surface area (Å²) in [6.45, 7) is 11.8. The maximum absolute atomic E-state index is 12.2. The Kier molecular flexibility index (Phi) is 4.75. The van der Waals surface area contributed by atoms with Crippen LogP contribution in [0.3, 0.4) is 0 Å².